The summed E-state index contributed by atoms with van der Waals surface area (Å²) in [5.41, 5.74) is 13.7. The second-order valence-corrected chi connectivity index (χ2v) is 10.3. The van der Waals surface area contributed by atoms with Crippen LogP contribution in [0.2, 0.25) is 0 Å². The second kappa shape index (κ2) is 14.7. The zero-order valence-corrected chi connectivity index (χ0v) is 24.9. The van der Waals surface area contributed by atoms with Crippen LogP contribution in [0.4, 0.5) is 0 Å². The molecule has 0 aliphatic carbocycles. The Morgan fingerprint density at radius 2 is 0.511 bits per heavy atom. The molecule has 3 nitrogen and oxygen atoms in total. The second-order valence-electron chi connectivity index (χ2n) is 10.3. The molecule has 0 aliphatic heterocycles. The van der Waals surface area contributed by atoms with Crippen LogP contribution in [0.25, 0.3) is 66.8 Å². The molecule has 45 heavy (non-hydrogen) atoms. The first kappa shape index (κ1) is 30.8. The van der Waals surface area contributed by atoms with Gasteiger partial charge in [0.2, 0.25) is 0 Å². The Kier molecular flexibility index (Phi) is 10.0. The first-order valence-electron chi connectivity index (χ1n) is 15.0. The lowest BCUT2D eigenvalue weighted by Crippen LogP contribution is -1.89. The van der Waals surface area contributed by atoms with Crippen LogP contribution in [0.5, 0.6) is 0 Å². The zero-order valence-electron chi connectivity index (χ0n) is 24.9. The number of rotatable bonds is 6. The molecule has 4 aromatic carbocycles. The largest absolute Gasteiger partial charge is 0.264 e. The maximum absolute atomic E-state index is 4.33. The van der Waals surface area contributed by atoms with Crippen LogP contribution in [0.3, 0.4) is 0 Å². The minimum Gasteiger partial charge on any atom is -0.264 e. The van der Waals surface area contributed by atoms with E-state index in [4.69, 9.17) is 0 Å². The maximum atomic E-state index is 4.33. The smallest absolute Gasteiger partial charge is 0.0346 e. The quantitative estimate of drug-likeness (QED) is 0.195. The lowest BCUT2D eigenvalue weighted by Gasteiger charge is -2.14. The van der Waals surface area contributed by atoms with E-state index in [-0.39, 0.29) is 7.43 Å². The van der Waals surface area contributed by atoms with E-state index in [0.29, 0.717) is 0 Å². The third kappa shape index (κ3) is 7.11. The highest BCUT2D eigenvalue weighted by molar-refractivity contribution is 5.85. The molecule has 7 rings (SSSR count). The van der Waals surface area contributed by atoms with Gasteiger partial charge in [0.1, 0.15) is 0 Å². The summed E-state index contributed by atoms with van der Waals surface area (Å²) in [7, 11) is 0. The molecule has 3 aromatic heterocycles. The van der Waals surface area contributed by atoms with Gasteiger partial charge in [-0.1, -0.05) is 94.1 Å². The first-order chi connectivity index (χ1) is 21.8. The highest BCUT2D eigenvalue weighted by Crippen LogP contribution is 2.36. The monoisotopic (exact) mass is 583 g/mol. The Balaban J connectivity index is 0.00000131. The molecule has 0 saturated heterocycles. The van der Waals surface area contributed by atoms with Gasteiger partial charge in [-0.25, -0.2) is 0 Å². The normalized spacial score (nSPS) is 10.3. The molecule has 7 aromatic rings. The summed E-state index contributed by atoms with van der Waals surface area (Å²) in [6, 6.07) is 45.2. The van der Waals surface area contributed by atoms with Crippen molar-refractivity contribution in [1.82, 2.24) is 15.0 Å². The summed E-state index contributed by atoms with van der Waals surface area (Å²) in [6.45, 7) is 4.00. The van der Waals surface area contributed by atoms with Gasteiger partial charge in [0, 0.05) is 53.9 Å². The average molecular weight is 584 g/mol. The summed E-state index contributed by atoms with van der Waals surface area (Å²) in [5.74, 6) is 0. The molecule has 0 aliphatic rings. The molecule has 0 fully saturated rings. The van der Waals surface area contributed by atoms with Gasteiger partial charge in [-0.15, -0.1) is 0 Å². The molecule has 0 spiro atoms. The predicted octanol–water partition coefficient (Wildman–Crippen LogP) is 11.5. The third-order valence-corrected chi connectivity index (χ3v) is 7.51. The van der Waals surface area contributed by atoms with Gasteiger partial charge in [-0.05, 0) is 105 Å². The van der Waals surface area contributed by atoms with Gasteiger partial charge in [0.15, 0.2) is 0 Å². The molecule has 0 radical (unpaired) electrons. The van der Waals surface area contributed by atoms with Crippen LogP contribution in [0, 0.1) is 0 Å². The average Bonchev–Trinajstić information content (AvgIpc) is 3.13. The molecule has 0 atom stereocenters. The third-order valence-electron chi connectivity index (χ3n) is 7.51. The highest BCUT2D eigenvalue weighted by Gasteiger charge is 2.11. The van der Waals surface area contributed by atoms with E-state index < -0.39 is 0 Å². The lowest BCUT2D eigenvalue weighted by molar-refractivity contribution is 1.33. The summed E-state index contributed by atoms with van der Waals surface area (Å²) in [6.07, 6.45) is 11.2. The van der Waals surface area contributed by atoms with Gasteiger partial charge in [0.05, 0.1) is 0 Å². The molecule has 0 saturated carbocycles. The Morgan fingerprint density at radius 3 is 0.756 bits per heavy atom. The molecular weight excluding hydrogens is 546 g/mol. The van der Waals surface area contributed by atoms with Crippen molar-refractivity contribution in [2.75, 3.05) is 0 Å². The Morgan fingerprint density at radius 1 is 0.289 bits per heavy atom. The molecule has 0 bridgehead atoms. The SMILES string of the molecule is C.CC.c1cncc(-c2cccc(-c3cc(-c4cccc(-c5cccnc5)c4)cc(-c4cccc(-c5cccnc5)c4)c3)c2)c1. The van der Waals surface area contributed by atoms with E-state index in [0.717, 1.165) is 66.8 Å². The topological polar surface area (TPSA) is 38.7 Å². The van der Waals surface area contributed by atoms with E-state index >= 15 is 0 Å². The molecule has 0 N–H and O–H groups in total. The number of hydrogen-bond acceptors (Lipinski definition) is 3. The van der Waals surface area contributed by atoms with Crippen molar-refractivity contribution in [2.45, 2.75) is 21.3 Å². The Labute approximate surface area is 267 Å². The van der Waals surface area contributed by atoms with Gasteiger partial charge in [0.25, 0.3) is 0 Å². The zero-order chi connectivity index (χ0) is 30.1. The van der Waals surface area contributed by atoms with Crippen LogP contribution >= 0.6 is 0 Å². The number of hydrogen-bond donors (Lipinski definition) is 0. The van der Waals surface area contributed by atoms with Crippen molar-refractivity contribution < 1.29 is 0 Å². The molecule has 3 heterocycles. The number of pyridine rings is 3. The number of aromatic nitrogens is 3. The van der Waals surface area contributed by atoms with Crippen LogP contribution in [0.1, 0.15) is 21.3 Å². The number of nitrogens with zero attached hydrogens (tertiary/aromatic N) is 3. The van der Waals surface area contributed by atoms with Crippen molar-refractivity contribution in [2.24, 2.45) is 0 Å². The van der Waals surface area contributed by atoms with Gasteiger partial charge < -0.3 is 0 Å². The fraction of sp³-hybridized carbons (Fsp3) is 0.0714. The van der Waals surface area contributed by atoms with Gasteiger partial charge >= 0.3 is 0 Å². The Bertz CT molecular complexity index is 1720. The van der Waals surface area contributed by atoms with E-state index in [1.54, 1.807) is 0 Å². The van der Waals surface area contributed by atoms with Gasteiger partial charge in [-0.2, -0.15) is 0 Å². The van der Waals surface area contributed by atoms with Crippen molar-refractivity contribution in [1.29, 1.82) is 0 Å². The first-order valence-corrected chi connectivity index (χ1v) is 15.0. The summed E-state index contributed by atoms with van der Waals surface area (Å²) in [4.78, 5) is 13.0. The van der Waals surface area contributed by atoms with Crippen molar-refractivity contribution in [3.63, 3.8) is 0 Å². The van der Waals surface area contributed by atoms with Crippen molar-refractivity contribution in [3.05, 3.63) is 165 Å². The van der Waals surface area contributed by atoms with E-state index in [2.05, 4.69) is 124 Å². The molecule has 3 heteroatoms. The maximum Gasteiger partial charge on any atom is 0.0346 e. The summed E-state index contributed by atoms with van der Waals surface area (Å²) < 4.78 is 0. The summed E-state index contributed by atoms with van der Waals surface area (Å²) >= 11 is 0. The van der Waals surface area contributed by atoms with Crippen LogP contribution in [0.15, 0.2) is 165 Å². The fourth-order valence-corrected chi connectivity index (χ4v) is 5.36. The van der Waals surface area contributed by atoms with E-state index in [1.807, 2.05) is 69.2 Å². The van der Waals surface area contributed by atoms with Crippen LogP contribution < -0.4 is 0 Å². The minimum absolute atomic E-state index is 0. The van der Waals surface area contributed by atoms with Gasteiger partial charge in [-0.3, -0.25) is 15.0 Å². The van der Waals surface area contributed by atoms with E-state index in [1.165, 1.54) is 0 Å². The van der Waals surface area contributed by atoms with Crippen LogP contribution in [-0.4, -0.2) is 15.0 Å². The molecular formula is C42H37N3. The molecule has 0 amide bonds. The fourth-order valence-electron chi connectivity index (χ4n) is 5.36. The summed E-state index contributed by atoms with van der Waals surface area (Å²) in [5, 5.41) is 0. The minimum atomic E-state index is 0. The molecule has 0 unspecified atom stereocenters. The van der Waals surface area contributed by atoms with Crippen LogP contribution in [-0.2, 0) is 0 Å². The predicted molar refractivity (Wildman–Crippen MR) is 191 cm³/mol. The highest BCUT2D eigenvalue weighted by atomic mass is 14.6. The standard InChI is InChI=1S/C39H27N3.C2H6.CH4/c1-7-28(34-13-4-16-40-25-34)19-31(10-1)37-22-38(32-11-2-8-29(20-32)35-14-5-17-41-26-35)24-39(23-37)33-12-3-9-30(21-33)36-15-6-18-42-27-36;1-2;/h1-27H;1-2H3;1H4. The van der Waals surface area contributed by atoms with Crippen molar-refractivity contribution in [3.8, 4) is 66.8 Å². The Hall–Kier alpha value is -5.67. The van der Waals surface area contributed by atoms with E-state index in [9.17, 15) is 0 Å². The lowest BCUT2D eigenvalue weighted by atomic mass is 9.91. The van der Waals surface area contributed by atoms with Crippen molar-refractivity contribution >= 4 is 0 Å². The molecule has 220 valence electrons. The number of benzene rings is 4.